The lowest BCUT2D eigenvalue weighted by Gasteiger charge is -2.52. The van der Waals surface area contributed by atoms with Crippen LogP contribution in [0.1, 0.15) is 59.4 Å². The summed E-state index contributed by atoms with van der Waals surface area (Å²) >= 11 is 0. The van der Waals surface area contributed by atoms with Gasteiger partial charge in [-0.15, -0.1) is 0 Å². The van der Waals surface area contributed by atoms with Gasteiger partial charge < -0.3 is 39.4 Å². The molecule has 8 atom stereocenters. The zero-order valence-electron chi connectivity index (χ0n) is 25.0. The van der Waals surface area contributed by atoms with Crippen molar-refractivity contribution in [2.45, 2.75) is 95.8 Å². The Labute approximate surface area is 250 Å². The minimum Gasteiger partial charge on any atom is -0.508 e. The average Bonchev–Trinajstić information content (AvgIpc) is 3.70. The van der Waals surface area contributed by atoms with Crippen molar-refractivity contribution in [2.75, 3.05) is 6.61 Å². The number of aliphatic hydroxyl groups excluding tert-OH is 2. The number of fused-ring (bicyclic) bond motifs is 1. The minimum absolute atomic E-state index is 0.0622. The number of hydrogen-bond donors (Lipinski definition) is 4. The van der Waals surface area contributed by atoms with Crippen molar-refractivity contribution in [3.05, 3.63) is 47.6 Å². The van der Waals surface area contributed by atoms with Gasteiger partial charge in [0.25, 0.3) is 0 Å². The van der Waals surface area contributed by atoms with E-state index in [-0.39, 0.29) is 18.0 Å². The molecular formula is C32H40O11. The summed E-state index contributed by atoms with van der Waals surface area (Å²) in [6.45, 7) is 7.59. The summed E-state index contributed by atoms with van der Waals surface area (Å²) in [6.07, 6.45) is -1.28. The van der Waals surface area contributed by atoms with Gasteiger partial charge in [-0.2, -0.15) is 0 Å². The molecule has 1 aliphatic heterocycles. The van der Waals surface area contributed by atoms with E-state index in [1.54, 1.807) is 32.9 Å². The number of aromatic hydroxyl groups is 1. The summed E-state index contributed by atoms with van der Waals surface area (Å²) in [5, 5.41) is 42.9. The number of hydrogen-bond acceptors (Lipinski definition) is 11. The van der Waals surface area contributed by atoms with Crippen LogP contribution < -0.4 is 0 Å². The van der Waals surface area contributed by atoms with E-state index in [2.05, 4.69) is 0 Å². The standard InChI is InChI=1S/C32H40O11/c1-17-14-32(16-29(3,4)27(38)26(32)30(5,39)31(17)12-13-31)43-28-25(40-18(2)34)23(37)24(21(15-33)41-28)42-22(36)11-8-19-6-9-20(35)10-7-19/h6-11,14,21,23-26,28,33,35,37,39H,12-13,15-16H2,1-5H3/t21-,23+,24-,25-,26-,28+,30-,32+/m1/s1. The number of carbonyl (C=O) groups is 3. The number of ether oxygens (including phenoxy) is 4. The fourth-order valence-corrected chi connectivity index (χ4v) is 7.45. The van der Waals surface area contributed by atoms with Crippen LogP contribution in [0.25, 0.3) is 6.08 Å². The quantitative estimate of drug-likeness (QED) is 0.206. The van der Waals surface area contributed by atoms with Gasteiger partial charge in [-0.3, -0.25) is 9.59 Å². The summed E-state index contributed by atoms with van der Waals surface area (Å²) in [5.74, 6) is -2.70. The number of rotatable bonds is 7. The van der Waals surface area contributed by atoms with Crippen LogP contribution >= 0.6 is 0 Å². The molecule has 5 rings (SSSR count). The van der Waals surface area contributed by atoms with E-state index in [1.807, 2.05) is 13.0 Å². The van der Waals surface area contributed by atoms with Crippen LogP contribution in [-0.4, -0.2) is 86.7 Å². The first kappa shape index (κ1) is 31.3. The zero-order chi connectivity index (χ0) is 31.5. The van der Waals surface area contributed by atoms with Crippen molar-refractivity contribution >= 4 is 23.8 Å². The van der Waals surface area contributed by atoms with Gasteiger partial charge in [0.2, 0.25) is 0 Å². The Kier molecular flexibility index (Phi) is 7.88. The highest BCUT2D eigenvalue weighted by molar-refractivity contribution is 5.92. The molecule has 3 aliphatic carbocycles. The molecule has 3 fully saturated rings. The van der Waals surface area contributed by atoms with E-state index in [4.69, 9.17) is 18.9 Å². The Morgan fingerprint density at radius 2 is 1.74 bits per heavy atom. The Balaban J connectivity index is 1.44. The van der Waals surface area contributed by atoms with E-state index in [0.717, 1.165) is 31.4 Å². The lowest BCUT2D eigenvalue weighted by molar-refractivity contribution is -0.332. The predicted molar refractivity (Wildman–Crippen MR) is 151 cm³/mol. The predicted octanol–water partition coefficient (Wildman–Crippen LogP) is 2.19. The maximum Gasteiger partial charge on any atom is 0.331 e. The van der Waals surface area contributed by atoms with Gasteiger partial charge in [-0.1, -0.05) is 37.6 Å². The first-order valence-electron chi connectivity index (χ1n) is 14.5. The second-order valence-corrected chi connectivity index (χ2v) is 13.1. The molecule has 0 unspecified atom stereocenters. The molecule has 1 spiro atoms. The number of Topliss-reactive ketones (excluding diaryl/α,β-unsaturated/α-hetero) is 1. The van der Waals surface area contributed by atoms with Gasteiger partial charge in [0.1, 0.15) is 29.3 Å². The number of phenolic OH excluding ortho intramolecular Hbond substituents is 1. The molecule has 1 aromatic carbocycles. The van der Waals surface area contributed by atoms with E-state index in [1.165, 1.54) is 18.2 Å². The van der Waals surface area contributed by atoms with Crippen molar-refractivity contribution in [1.29, 1.82) is 0 Å². The average molecular weight is 601 g/mol. The molecule has 0 amide bonds. The molecule has 43 heavy (non-hydrogen) atoms. The molecule has 1 aromatic rings. The van der Waals surface area contributed by atoms with E-state index in [9.17, 15) is 34.8 Å². The van der Waals surface area contributed by atoms with Gasteiger partial charge in [-0.05, 0) is 56.9 Å². The summed E-state index contributed by atoms with van der Waals surface area (Å²) in [7, 11) is 0. The molecule has 2 saturated carbocycles. The lowest BCUT2D eigenvalue weighted by atomic mass is 9.61. The molecule has 0 radical (unpaired) electrons. The summed E-state index contributed by atoms with van der Waals surface area (Å²) in [5.41, 5.74) is -2.72. The highest BCUT2D eigenvalue weighted by Crippen LogP contribution is 2.69. The number of benzene rings is 1. The van der Waals surface area contributed by atoms with Crippen LogP contribution in [0.15, 0.2) is 42.0 Å². The number of ketones is 1. The lowest BCUT2D eigenvalue weighted by Crippen LogP contribution is -2.65. The van der Waals surface area contributed by atoms with Gasteiger partial charge in [-0.25, -0.2) is 4.79 Å². The third-order valence-electron chi connectivity index (χ3n) is 9.62. The van der Waals surface area contributed by atoms with Crippen LogP contribution in [-0.2, 0) is 33.3 Å². The van der Waals surface area contributed by atoms with E-state index < -0.39 is 77.2 Å². The maximum absolute atomic E-state index is 13.8. The van der Waals surface area contributed by atoms with Crippen molar-refractivity contribution in [1.82, 2.24) is 0 Å². The normalized spacial score (nSPS) is 37.6. The molecule has 11 nitrogen and oxygen atoms in total. The Hall–Kier alpha value is -3.09. The molecule has 4 N–H and O–H groups in total. The maximum atomic E-state index is 13.8. The number of phenols is 1. The largest absolute Gasteiger partial charge is 0.508 e. The monoisotopic (exact) mass is 600 g/mol. The van der Waals surface area contributed by atoms with Crippen molar-refractivity contribution < 1.29 is 53.8 Å². The van der Waals surface area contributed by atoms with Gasteiger partial charge >= 0.3 is 11.9 Å². The third-order valence-corrected chi connectivity index (χ3v) is 9.62. The van der Waals surface area contributed by atoms with Crippen LogP contribution in [0.3, 0.4) is 0 Å². The fraction of sp³-hybridized carbons (Fsp3) is 0.594. The highest BCUT2D eigenvalue weighted by atomic mass is 16.7. The van der Waals surface area contributed by atoms with Crippen LogP contribution in [0.4, 0.5) is 0 Å². The highest BCUT2D eigenvalue weighted by Gasteiger charge is 2.74. The SMILES string of the molecule is CC(=O)O[C@H]1[C@H](O[C@]23C=C(C)C4(CC4)[C@](C)(O)[C@H]2C(=O)C(C)(C)C3)O[C@H](CO)[C@@H](OC(=O)C=Cc2ccc(O)cc2)[C@@H]1O. The van der Waals surface area contributed by atoms with Crippen LogP contribution in [0.5, 0.6) is 5.75 Å². The fourth-order valence-electron chi connectivity index (χ4n) is 7.45. The zero-order valence-corrected chi connectivity index (χ0v) is 25.0. The van der Waals surface area contributed by atoms with Gasteiger partial charge in [0.05, 0.1) is 18.1 Å². The first-order valence-corrected chi connectivity index (χ1v) is 14.5. The summed E-state index contributed by atoms with van der Waals surface area (Å²) in [6, 6.07) is 6.06. The summed E-state index contributed by atoms with van der Waals surface area (Å²) in [4.78, 5) is 38.6. The Morgan fingerprint density at radius 3 is 2.33 bits per heavy atom. The van der Waals surface area contributed by atoms with Gasteiger partial charge in [0.15, 0.2) is 18.5 Å². The Morgan fingerprint density at radius 1 is 1.09 bits per heavy atom. The molecule has 1 heterocycles. The topological polar surface area (TPSA) is 169 Å². The molecular weight excluding hydrogens is 560 g/mol. The molecule has 0 aromatic heterocycles. The first-order chi connectivity index (χ1) is 20.1. The second-order valence-electron chi connectivity index (χ2n) is 13.1. The molecule has 234 valence electrons. The van der Waals surface area contributed by atoms with E-state index >= 15 is 0 Å². The van der Waals surface area contributed by atoms with Gasteiger partial charge in [0, 0.05) is 23.8 Å². The van der Waals surface area contributed by atoms with Crippen LogP contribution in [0, 0.1) is 16.7 Å². The Bertz CT molecular complexity index is 1340. The van der Waals surface area contributed by atoms with E-state index in [0.29, 0.717) is 5.56 Å². The molecule has 4 aliphatic rings. The number of esters is 2. The van der Waals surface area contributed by atoms with Crippen molar-refractivity contribution in [3.63, 3.8) is 0 Å². The molecule has 0 bridgehead atoms. The molecule has 11 heteroatoms. The smallest absolute Gasteiger partial charge is 0.331 e. The summed E-state index contributed by atoms with van der Waals surface area (Å²) < 4.78 is 23.5. The van der Waals surface area contributed by atoms with Crippen LogP contribution in [0.2, 0.25) is 0 Å². The van der Waals surface area contributed by atoms with Crippen molar-refractivity contribution in [3.8, 4) is 5.75 Å². The third kappa shape index (κ3) is 5.31. The molecule has 1 saturated heterocycles. The number of carbonyl (C=O) groups excluding carboxylic acids is 3. The van der Waals surface area contributed by atoms with Crippen molar-refractivity contribution in [2.24, 2.45) is 16.7 Å². The minimum atomic E-state index is -1.67. The second kappa shape index (κ2) is 10.8. The number of aliphatic hydroxyl groups is 3.